The Morgan fingerprint density at radius 1 is 1.38 bits per heavy atom. The number of nitrogens with two attached hydrogens (primary N) is 1. The van der Waals surface area contributed by atoms with Crippen molar-refractivity contribution in [2.75, 3.05) is 31.7 Å². The van der Waals surface area contributed by atoms with Crippen LogP contribution in [0.5, 0.6) is 0 Å². The molecule has 0 aliphatic rings. The van der Waals surface area contributed by atoms with Gasteiger partial charge in [-0.3, -0.25) is 14.9 Å². The summed E-state index contributed by atoms with van der Waals surface area (Å²) in [6.45, 7) is 0.225. The van der Waals surface area contributed by atoms with Gasteiger partial charge in [0.15, 0.2) is 11.6 Å². The zero-order valence-corrected chi connectivity index (χ0v) is 17.6. The zero-order valence-electron chi connectivity index (χ0n) is 17.6. The Bertz CT molecular complexity index is 1170. The van der Waals surface area contributed by atoms with Crippen LogP contribution in [-0.4, -0.2) is 62.0 Å². The van der Waals surface area contributed by atoms with Gasteiger partial charge in [-0.2, -0.15) is 5.10 Å². The standard InChI is InChI=1S/C21H23FN8O2/c1-29(2)12-19(32)26-17-10-25-21(27-20(17)24)16-9-18(15(23)7-8-31)30(28-16)11-13-5-3-4-6-14(13)22/h3-10,23,31H,11-12H2,1-2H3,(H,26,32)(H2,24,25,27)/b8-7-,23-15?. The first kappa shape index (κ1) is 22.6. The number of nitrogen functional groups attached to an aromatic ring is 1. The number of aliphatic hydroxyl groups is 1. The maximum Gasteiger partial charge on any atom is 0.238 e. The van der Waals surface area contributed by atoms with E-state index in [1.807, 2.05) is 0 Å². The lowest BCUT2D eigenvalue weighted by Crippen LogP contribution is -2.27. The average Bonchev–Trinajstić information content (AvgIpc) is 3.15. The van der Waals surface area contributed by atoms with Crippen LogP contribution in [0.1, 0.15) is 11.3 Å². The van der Waals surface area contributed by atoms with Gasteiger partial charge < -0.3 is 21.1 Å². The topological polar surface area (TPSA) is 146 Å². The summed E-state index contributed by atoms with van der Waals surface area (Å²) in [6, 6.07) is 7.79. The predicted octanol–water partition coefficient (Wildman–Crippen LogP) is 2.05. The summed E-state index contributed by atoms with van der Waals surface area (Å²) in [4.78, 5) is 22.1. The maximum absolute atomic E-state index is 14.1. The number of benzene rings is 1. The molecule has 2 aromatic heterocycles. The molecule has 0 unspecified atom stereocenters. The van der Waals surface area contributed by atoms with Crippen LogP contribution in [0.15, 0.2) is 48.9 Å². The van der Waals surface area contributed by atoms with Crippen molar-refractivity contribution in [3.05, 3.63) is 65.9 Å². The Balaban J connectivity index is 1.94. The lowest BCUT2D eigenvalue weighted by atomic mass is 10.2. The summed E-state index contributed by atoms with van der Waals surface area (Å²) in [6.07, 6.45) is 3.29. The first-order valence-corrected chi connectivity index (χ1v) is 9.57. The van der Waals surface area contributed by atoms with E-state index in [0.717, 1.165) is 6.26 Å². The maximum atomic E-state index is 14.1. The number of nitrogens with zero attached hydrogens (tertiary/aromatic N) is 5. The number of halogens is 1. The number of likely N-dealkylation sites (N-methyl/N-ethyl adjacent to an activating group) is 1. The number of anilines is 2. The van der Waals surface area contributed by atoms with E-state index < -0.39 is 5.82 Å². The van der Waals surface area contributed by atoms with Crippen molar-refractivity contribution in [1.82, 2.24) is 24.6 Å². The first-order chi connectivity index (χ1) is 15.3. The number of aromatic nitrogens is 4. The summed E-state index contributed by atoms with van der Waals surface area (Å²) in [5.41, 5.74) is 7.20. The molecule has 0 fully saturated rings. The van der Waals surface area contributed by atoms with E-state index in [-0.39, 0.29) is 42.0 Å². The summed E-state index contributed by atoms with van der Waals surface area (Å²) < 4.78 is 15.6. The first-order valence-electron chi connectivity index (χ1n) is 9.57. The van der Waals surface area contributed by atoms with Gasteiger partial charge in [0, 0.05) is 5.56 Å². The van der Waals surface area contributed by atoms with Crippen molar-refractivity contribution in [3.63, 3.8) is 0 Å². The smallest absolute Gasteiger partial charge is 0.238 e. The monoisotopic (exact) mass is 438 g/mol. The van der Waals surface area contributed by atoms with Crippen LogP contribution in [0, 0.1) is 11.2 Å². The number of carbonyl (C=O) groups is 1. The van der Waals surface area contributed by atoms with Crippen molar-refractivity contribution < 1.29 is 14.3 Å². The second-order valence-corrected chi connectivity index (χ2v) is 7.17. The Kier molecular flexibility index (Phi) is 6.90. The molecule has 5 N–H and O–H groups in total. The minimum atomic E-state index is -0.405. The molecule has 0 saturated carbocycles. The number of amides is 1. The van der Waals surface area contributed by atoms with Crippen LogP contribution in [0.25, 0.3) is 11.5 Å². The minimum absolute atomic E-state index is 0.0388. The van der Waals surface area contributed by atoms with Crippen LogP contribution in [0.4, 0.5) is 15.9 Å². The molecule has 0 spiro atoms. The number of aliphatic hydroxyl groups excluding tert-OH is 1. The Morgan fingerprint density at radius 2 is 2.12 bits per heavy atom. The second kappa shape index (κ2) is 9.79. The Labute approximate surface area is 183 Å². The molecule has 10 nitrogen and oxygen atoms in total. The van der Waals surface area contributed by atoms with Gasteiger partial charge >= 0.3 is 0 Å². The highest BCUT2D eigenvalue weighted by Crippen LogP contribution is 2.22. The Morgan fingerprint density at radius 3 is 2.78 bits per heavy atom. The summed E-state index contributed by atoms with van der Waals surface area (Å²) in [7, 11) is 3.53. The van der Waals surface area contributed by atoms with E-state index in [4.69, 9.17) is 16.2 Å². The molecule has 3 rings (SSSR count). The number of allylic oxidation sites excluding steroid dienone is 1. The third-order valence-electron chi connectivity index (χ3n) is 4.36. The van der Waals surface area contributed by atoms with Gasteiger partial charge in [-0.25, -0.2) is 14.4 Å². The average molecular weight is 438 g/mol. The lowest BCUT2D eigenvalue weighted by Gasteiger charge is -2.11. The fourth-order valence-electron chi connectivity index (χ4n) is 2.90. The van der Waals surface area contributed by atoms with Crippen LogP contribution < -0.4 is 11.1 Å². The summed E-state index contributed by atoms with van der Waals surface area (Å²) >= 11 is 0. The van der Waals surface area contributed by atoms with Crippen molar-refractivity contribution >= 4 is 23.1 Å². The number of nitrogens with one attached hydrogen (secondary N) is 2. The van der Waals surface area contributed by atoms with Gasteiger partial charge in [0.1, 0.15) is 17.2 Å². The quantitative estimate of drug-likeness (QED) is 0.311. The zero-order chi connectivity index (χ0) is 23.3. The van der Waals surface area contributed by atoms with Crippen molar-refractivity contribution in [2.24, 2.45) is 0 Å². The van der Waals surface area contributed by atoms with Gasteiger partial charge in [-0.1, -0.05) is 18.2 Å². The molecule has 166 valence electrons. The SMILES string of the molecule is CN(C)CC(=O)Nc1cnc(-c2cc(C(=N)/C=C\O)n(Cc3ccccc3F)n2)nc1N. The molecule has 0 bridgehead atoms. The lowest BCUT2D eigenvalue weighted by molar-refractivity contribution is -0.116. The molecule has 0 atom stereocenters. The Hall–Kier alpha value is -4.12. The van der Waals surface area contributed by atoms with E-state index >= 15 is 0 Å². The van der Waals surface area contributed by atoms with E-state index in [9.17, 15) is 9.18 Å². The highest BCUT2D eigenvalue weighted by atomic mass is 19.1. The van der Waals surface area contributed by atoms with Crippen molar-refractivity contribution in [2.45, 2.75) is 6.54 Å². The minimum Gasteiger partial charge on any atom is -0.516 e. The van der Waals surface area contributed by atoms with Crippen LogP contribution in [0.3, 0.4) is 0 Å². The molecule has 1 amide bonds. The number of hydrogen-bond acceptors (Lipinski definition) is 8. The highest BCUT2D eigenvalue weighted by Gasteiger charge is 2.17. The second-order valence-electron chi connectivity index (χ2n) is 7.17. The van der Waals surface area contributed by atoms with Gasteiger partial charge in [0.25, 0.3) is 0 Å². The normalized spacial score (nSPS) is 11.2. The van der Waals surface area contributed by atoms with E-state index in [1.165, 1.54) is 23.0 Å². The highest BCUT2D eigenvalue weighted by molar-refractivity contribution is 6.05. The van der Waals surface area contributed by atoms with Crippen molar-refractivity contribution in [1.29, 1.82) is 5.41 Å². The molecule has 2 heterocycles. The fraction of sp³-hybridized carbons (Fsp3) is 0.190. The van der Waals surface area contributed by atoms with E-state index in [1.54, 1.807) is 43.3 Å². The molecule has 0 aliphatic carbocycles. The molecule has 0 radical (unpaired) electrons. The fourth-order valence-corrected chi connectivity index (χ4v) is 2.90. The number of rotatable bonds is 8. The van der Waals surface area contributed by atoms with Gasteiger partial charge in [0.05, 0.1) is 37.0 Å². The molecule has 3 aromatic rings. The summed E-state index contributed by atoms with van der Waals surface area (Å²) in [5.74, 6) is -0.447. The van der Waals surface area contributed by atoms with Crippen molar-refractivity contribution in [3.8, 4) is 11.5 Å². The molecule has 0 saturated heterocycles. The number of carbonyl (C=O) groups excluding carboxylic acids is 1. The molecule has 32 heavy (non-hydrogen) atoms. The van der Waals surface area contributed by atoms with Crippen LogP contribution in [-0.2, 0) is 11.3 Å². The van der Waals surface area contributed by atoms with Gasteiger partial charge in [-0.05, 0) is 32.3 Å². The summed E-state index contributed by atoms with van der Waals surface area (Å²) in [5, 5.41) is 24.3. The molecular weight excluding hydrogens is 415 g/mol. The molecule has 1 aromatic carbocycles. The molecule has 11 heteroatoms. The largest absolute Gasteiger partial charge is 0.516 e. The van der Waals surface area contributed by atoms with E-state index in [2.05, 4.69) is 20.4 Å². The van der Waals surface area contributed by atoms with E-state index in [0.29, 0.717) is 17.0 Å². The number of hydrogen-bond donors (Lipinski definition) is 4. The molecule has 0 aliphatic heterocycles. The van der Waals surface area contributed by atoms with Crippen LogP contribution >= 0.6 is 0 Å². The van der Waals surface area contributed by atoms with Gasteiger partial charge in [-0.15, -0.1) is 0 Å². The third kappa shape index (κ3) is 5.32. The predicted molar refractivity (Wildman–Crippen MR) is 119 cm³/mol. The van der Waals surface area contributed by atoms with Gasteiger partial charge in [0.2, 0.25) is 5.91 Å². The third-order valence-corrected chi connectivity index (χ3v) is 4.36. The van der Waals surface area contributed by atoms with Crippen LogP contribution in [0.2, 0.25) is 0 Å². The molecular formula is C21H23FN8O2.